The lowest BCUT2D eigenvalue weighted by molar-refractivity contribution is -0.131. The fraction of sp³-hybridized carbons (Fsp3) is 0.952. The second kappa shape index (κ2) is 20.5. The van der Waals surface area contributed by atoms with Crippen LogP contribution in [0.4, 0.5) is 0 Å². The lowest BCUT2D eigenvalue weighted by Crippen LogP contribution is -2.31. The molecule has 0 saturated heterocycles. The molecule has 0 aromatic heterocycles. The molecule has 8 nitrogen and oxygen atoms in total. The van der Waals surface area contributed by atoms with Gasteiger partial charge in [0.05, 0.1) is 59.3 Å². The number of hydrogen-bond acceptors (Lipinski definition) is 7. The summed E-state index contributed by atoms with van der Waals surface area (Å²) >= 11 is 0. The predicted molar refractivity (Wildman–Crippen MR) is 116 cm³/mol. The van der Waals surface area contributed by atoms with Crippen LogP contribution in [0.25, 0.3) is 0 Å². The highest BCUT2D eigenvalue weighted by atomic mass is 16.6. The molecule has 0 aliphatic carbocycles. The van der Waals surface area contributed by atoms with Gasteiger partial charge in [0, 0.05) is 20.1 Å². The second-order valence-electron chi connectivity index (χ2n) is 7.16. The van der Waals surface area contributed by atoms with Gasteiger partial charge in [0.2, 0.25) is 5.91 Å². The fourth-order valence-electron chi connectivity index (χ4n) is 2.35. The van der Waals surface area contributed by atoms with Crippen molar-refractivity contribution in [2.45, 2.75) is 26.7 Å². The standard InChI is InChI=1S/C21H45N3O5/c1-6-22(3)10-8-11-24(5)21(25)9-13-26-15-17-28-19-20-29-18-16-27-14-12-23(4)7-2/h6-20H2,1-5H3. The van der Waals surface area contributed by atoms with Gasteiger partial charge in [-0.1, -0.05) is 13.8 Å². The second-order valence-corrected chi connectivity index (χ2v) is 7.16. The van der Waals surface area contributed by atoms with E-state index in [1.165, 1.54) is 0 Å². The predicted octanol–water partition coefficient (Wildman–Crippen LogP) is 1.19. The molecule has 0 spiro atoms. The molecule has 0 aromatic carbocycles. The Kier molecular flexibility index (Phi) is 20.0. The van der Waals surface area contributed by atoms with Crippen molar-refractivity contribution in [2.24, 2.45) is 0 Å². The van der Waals surface area contributed by atoms with Gasteiger partial charge in [0.1, 0.15) is 0 Å². The van der Waals surface area contributed by atoms with Crippen LogP contribution in [0, 0.1) is 0 Å². The Bertz CT molecular complexity index is 374. The van der Waals surface area contributed by atoms with Crippen LogP contribution >= 0.6 is 0 Å². The lowest BCUT2D eigenvalue weighted by Gasteiger charge is -2.19. The van der Waals surface area contributed by atoms with Crippen LogP contribution in [0.3, 0.4) is 0 Å². The van der Waals surface area contributed by atoms with E-state index in [0.717, 1.165) is 45.8 Å². The van der Waals surface area contributed by atoms with Gasteiger partial charge in [-0.3, -0.25) is 4.79 Å². The minimum atomic E-state index is 0.127. The molecule has 8 heteroatoms. The number of rotatable bonds is 21. The Balaban J connectivity index is 3.31. The van der Waals surface area contributed by atoms with Crippen LogP contribution in [0.1, 0.15) is 26.7 Å². The topological polar surface area (TPSA) is 63.7 Å². The van der Waals surface area contributed by atoms with E-state index in [1.54, 1.807) is 4.90 Å². The fourth-order valence-corrected chi connectivity index (χ4v) is 2.35. The molecule has 0 atom stereocenters. The van der Waals surface area contributed by atoms with Crippen molar-refractivity contribution < 1.29 is 23.7 Å². The van der Waals surface area contributed by atoms with Crippen LogP contribution in [-0.4, -0.2) is 127 Å². The third-order valence-electron chi connectivity index (χ3n) is 4.73. The number of ether oxygens (including phenoxy) is 4. The largest absolute Gasteiger partial charge is 0.379 e. The smallest absolute Gasteiger partial charge is 0.224 e. The molecule has 0 aromatic rings. The van der Waals surface area contributed by atoms with Crippen molar-refractivity contribution >= 4 is 5.91 Å². The lowest BCUT2D eigenvalue weighted by atomic mass is 10.3. The molecule has 0 unspecified atom stereocenters. The maximum atomic E-state index is 12.0. The van der Waals surface area contributed by atoms with Gasteiger partial charge in [-0.15, -0.1) is 0 Å². The number of carbonyl (C=O) groups is 1. The van der Waals surface area contributed by atoms with Gasteiger partial charge >= 0.3 is 0 Å². The van der Waals surface area contributed by atoms with Crippen LogP contribution < -0.4 is 0 Å². The number of nitrogens with zero attached hydrogens (tertiary/aromatic N) is 3. The zero-order valence-corrected chi connectivity index (χ0v) is 19.5. The summed E-state index contributed by atoms with van der Waals surface area (Å²) in [4.78, 5) is 18.2. The first-order chi connectivity index (χ1) is 14.0. The van der Waals surface area contributed by atoms with Gasteiger partial charge in [-0.2, -0.15) is 0 Å². The van der Waals surface area contributed by atoms with E-state index in [1.807, 2.05) is 7.05 Å². The molecule has 0 bridgehead atoms. The molecule has 0 rings (SSSR count). The first-order valence-electron chi connectivity index (χ1n) is 10.9. The summed E-state index contributed by atoms with van der Waals surface area (Å²) in [5, 5.41) is 0. The first kappa shape index (κ1) is 28.2. The van der Waals surface area contributed by atoms with Crippen molar-refractivity contribution in [3.8, 4) is 0 Å². The average molecular weight is 420 g/mol. The molecule has 29 heavy (non-hydrogen) atoms. The summed E-state index contributed by atoms with van der Waals surface area (Å²) in [6.45, 7) is 13.5. The minimum absolute atomic E-state index is 0.127. The Hall–Kier alpha value is -0.770. The van der Waals surface area contributed by atoms with Crippen LogP contribution in [0.5, 0.6) is 0 Å². The number of carbonyl (C=O) groups excluding carboxylic acids is 1. The molecule has 0 heterocycles. The minimum Gasteiger partial charge on any atom is -0.379 e. The van der Waals surface area contributed by atoms with Gasteiger partial charge in [-0.25, -0.2) is 0 Å². The first-order valence-corrected chi connectivity index (χ1v) is 10.9. The highest BCUT2D eigenvalue weighted by Crippen LogP contribution is 1.96. The molecule has 0 aliphatic rings. The zero-order valence-electron chi connectivity index (χ0n) is 19.5. The van der Waals surface area contributed by atoms with Crippen molar-refractivity contribution in [3.05, 3.63) is 0 Å². The molecule has 0 fully saturated rings. The molecular formula is C21H45N3O5. The summed E-state index contributed by atoms with van der Waals surface area (Å²) in [6, 6.07) is 0. The summed E-state index contributed by atoms with van der Waals surface area (Å²) in [7, 11) is 6.02. The van der Waals surface area contributed by atoms with E-state index in [0.29, 0.717) is 52.7 Å². The van der Waals surface area contributed by atoms with E-state index in [9.17, 15) is 4.79 Å². The molecule has 0 aliphatic heterocycles. The maximum Gasteiger partial charge on any atom is 0.224 e. The summed E-state index contributed by atoms with van der Waals surface area (Å²) in [5.41, 5.74) is 0. The van der Waals surface area contributed by atoms with Crippen molar-refractivity contribution in [1.82, 2.24) is 14.7 Å². The van der Waals surface area contributed by atoms with E-state index in [4.69, 9.17) is 18.9 Å². The zero-order chi connectivity index (χ0) is 21.7. The maximum absolute atomic E-state index is 12.0. The Morgan fingerprint density at radius 3 is 1.59 bits per heavy atom. The van der Waals surface area contributed by atoms with E-state index >= 15 is 0 Å². The summed E-state index contributed by atoms with van der Waals surface area (Å²) in [5.74, 6) is 0.127. The van der Waals surface area contributed by atoms with Crippen molar-refractivity contribution in [2.75, 3.05) is 107 Å². The summed E-state index contributed by atoms with van der Waals surface area (Å²) < 4.78 is 21.9. The van der Waals surface area contributed by atoms with E-state index in [-0.39, 0.29) is 5.91 Å². The molecule has 0 radical (unpaired) electrons. The third-order valence-corrected chi connectivity index (χ3v) is 4.73. The number of amides is 1. The molecule has 0 saturated carbocycles. The quantitative estimate of drug-likeness (QED) is 0.259. The highest BCUT2D eigenvalue weighted by molar-refractivity contribution is 5.75. The highest BCUT2D eigenvalue weighted by Gasteiger charge is 2.08. The third kappa shape index (κ3) is 19.0. The monoisotopic (exact) mass is 419 g/mol. The Morgan fingerprint density at radius 2 is 1.07 bits per heavy atom. The Labute approximate surface area is 178 Å². The van der Waals surface area contributed by atoms with Crippen LogP contribution in [0.2, 0.25) is 0 Å². The normalized spacial score (nSPS) is 11.6. The van der Waals surface area contributed by atoms with Gasteiger partial charge in [-0.05, 0) is 40.2 Å². The van der Waals surface area contributed by atoms with Gasteiger partial charge < -0.3 is 33.6 Å². The SMILES string of the molecule is CCN(C)CCCN(C)C(=O)CCOCCOCCOCCOCCN(C)CC. The number of hydrogen-bond donors (Lipinski definition) is 0. The van der Waals surface area contributed by atoms with E-state index < -0.39 is 0 Å². The molecule has 1 amide bonds. The van der Waals surface area contributed by atoms with Crippen molar-refractivity contribution in [3.63, 3.8) is 0 Å². The molecule has 0 N–H and O–H groups in total. The van der Waals surface area contributed by atoms with Gasteiger partial charge in [0.15, 0.2) is 0 Å². The van der Waals surface area contributed by atoms with Crippen LogP contribution in [-0.2, 0) is 23.7 Å². The van der Waals surface area contributed by atoms with Crippen molar-refractivity contribution in [1.29, 1.82) is 0 Å². The molecule has 174 valence electrons. The average Bonchev–Trinajstić information content (AvgIpc) is 2.73. The van der Waals surface area contributed by atoms with Gasteiger partial charge in [0.25, 0.3) is 0 Å². The molecular weight excluding hydrogens is 374 g/mol. The van der Waals surface area contributed by atoms with Crippen LogP contribution in [0.15, 0.2) is 0 Å². The summed E-state index contributed by atoms with van der Waals surface area (Å²) in [6.07, 6.45) is 1.41. The Morgan fingerprint density at radius 1 is 0.621 bits per heavy atom. The number of likely N-dealkylation sites (N-methyl/N-ethyl adjacent to an activating group) is 1. The van der Waals surface area contributed by atoms with E-state index in [2.05, 4.69) is 37.7 Å².